The molecule has 0 aliphatic heterocycles. The Bertz CT molecular complexity index is 502. The molecule has 0 bridgehead atoms. The molecule has 8 heteroatoms. The summed E-state index contributed by atoms with van der Waals surface area (Å²) in [5.74, 6) is -1.64. The summed E-state index contributed by atoms with van der Waals surface area (Å²) in [6.45, 7) is 3.27. The van der Waals surface area contributed by atoms with Crippen molar-refractivity contribution in [1.29, 1.82) is 0 Å². The molecule has 2 N–H and O–H groups in total. The van der Waals surface area contributed by atoms with E-state index < -0.39 is 17.4 Å². The number of nitrogens with one attached hydrogen (secondary N) is 1. The molecule has 1 amide bonds. The quantitative estimate of drug-likeness (QED) is 0.774. The van der Waals surface area contributed by atoms with Crippen LogP contribution < -0.4 is 5.32 Å². The number of rotatable bonds is 7. The largest absolute Gasteiger partial charge is 0.479 e. The van der Waals surface area contributed by atoms with Crippen molar-refractivity contribution in [2.24, 2.45) is 0 Å². The lowest BCUT2D eigenvalue weighted by molar-refractivity contribution is -0.145. The maximum absolute atomic E-state index is 12.2. The van der Waals surface area contributed by atoms with Crippen LogP contribution in [0.5, 0.6) is 0 Å². The van der Waals surface area contributed by atoms with Gasteiger partial charge >= 0.3 is 5.97 Å². The van der Waals surface area contributed by atoms with Crippen molar-refractivity contribution in [2.75, 3.05) is 20.8 Å². The predicted molar refractivity (Wildman–Crippen MR) is 72.9 cm³/mol. The van der Waals surface area contributed by atoms with E-state index in [1.165, 1.54) is 32.5 Å². The van der Waals surface area contributed by atoms with Gasteiger partial charge in [-0.25, -0.2) is 9.78 Å². The third-order valence-corrected chi connectivity index (χ3v) is 3.74. The van der Waals surface area contributed by atoms with Crippen molar-refractivity contribution in [1.82, 2.24) is 10.3 Å². The van der Waals surface area contributed by atoms with Crippen LogP contribution in [0.25, 0.3) is 0 Å². The molecule has 0 saturated heterocycles. The lowest BCUT2D eigenvalue weighted by Crippen LogP contribution is -2.55. The summed E-state index contributed by atoms with van der Waals surface area (Å²) in [5.41, 5.74) is -0.936. The molecule has 0 aliphatic carbocycles. The molecule has 20 heavy (non-hydrogen) atoms. The standard InChI is InChI=1S/C12H18N2O5S/c1-7-9(20-8(13-7)5-18-3)10(15)14-12(2,6-19-4)11(16)17/h5-6H2,1-4H3,(H,14,15)(H,16,17). The minimum absolute atomic E-state index is 0.128. The molecule has 1 aromatic heterocycles. The second-order valence-corrected chi connectivity index (χ2v) is 5.56. The summed E-state index contributed by atoms with van der Waals surface area (Å²) in [6.07, 6.45) is 0. The number of aromatic nitrogens is 1. The number of ether oxygens (including phenoxy) is 2. The summed E-state index contributed by atoms with van der Waals surface area (Å²) in [6, 6.07) is 0. The van der Waals surface area contributed by atoms with Crippen LogP contribution in [0, 0.1) is 6.92 Å². The van der Waals surface area contributed by atoms with Crippen molar-refractivity contribution in [3.05, 3.63) is 15.6 Å². The van der Waals surface area contributed by atoms with Gasteiger partial charge in [0.15, 0.2) is 5.54 Å². The second kappa shape index (κ2) is 6.78. The molecular formula is C12H18N2O5S. The van der Waals surface area contributed by atoms with Crippen LogP contribution in [0.4, 0.5) is 0 Å². The van der Waals surface area contributed by atoms with Gasteiger partial charge < -0.3 is 19.9 Å². The Balaban J connectivity index is 2.92. The molecule has 0 fully saturated rings. The third-order valence-electron chi connectivity index (χ3n) is 2.61. The zero-order valence-corrected chi connectivity index (χ0v) is 12.7. The molecule has 0 aromatic carbocycles. The topological polar surface area (TPSA) is 97.8 Å². The van der Waals surface area contributed by atoms with Crippen molar-refractivity contribution in [2.45, 2.75) is 26.0 Å². The van der Waals surface area contributed by atoms with Crippen LogP contribution in [0.1, 0.15) is 27.3 Å². The van der Waals surface area contributed by atoms with Gasteiger partial charge in [0.1, 0.15) is 9.88 Å². The van der Waals surface area contributed by atoms with Crippen molar-refractivity contribution >= 4 is 23.2 Å². The molecule has 112 valence electrons. The maximum atomic E-state index is 12.2. The molecule has 0 aliphatic rings. The van der Waals surface area contributed by atoms with Gasteiger partial charge in [0, 0.05) is 14.2 Å². The SMILES string of the molecule is COCc1nc(C)c(C(=O)NC(C)(COC)C(=O)O)s1. The number of nitrogens with zero attached hydrogens (tertiary/aromatic N) is 1. The van der Waals surface area contributed by atoms with Gasteiger partial charge in [-0.15, -0.1) is 11.3 Å². The lowest BCUT2D eigenvalue weighted by atomic mass is 10.0. The highest BCUT2D eigenvalue weighted by Gasteiger charge is 2.36. The van der Waals surface area contributed by atoms with Gasteiger partial charge in [0.05, 0.1) is 18.9 Å². The molecule has 0 radical (unpaired) electrons. The monoisotopic (exact) mass is 302 g/mol. The third kappa shape index (κ3) is 3.75. The maximum Gasteiger partial charge on any atom is 0.331 e. The number of aryl methyl sites for hydroxylation is 1. The Morgan fingerprint density at radius 1 is 1.40 bits per heavy atom. The van der Waals surface area contributed by atoms with E-state index in [0.29, 0.717) is 22.2 Å². The number of carboxylic acid groups (broad SMARTS) is 1. The van der Waals surface area contributed by atoms with E-state index >= 15 is 0 Å². The number of thiazole rings is 1. The molecule has 1 rings (SSSR count). The minimum atomic E-state index is -1.48. The number of carbonyl (C=O) groups is 2. The summed E-state index contributed by atoms with van der Waals surface area (Å²) in [7, 11) is 2.92. The Labute approximate surface area is 120 Å². The smallest absolute Gasteiger partial charge is 0.331 e. The fraction of sp³-hybridized carbons (Fsp3) is 0.583. The molecule has 1 heterocycles. The summed E-state index contributed by atoms with van der Waals surface area (Å²) < 4.78 is 9.81. The average Bonchev–Trinajstić information content (AvgIpc) is 2.71. The summed E-state index contributed by atoms with van der Waals surface area (Å²) >= 11 is 1.18. The van der Waals surface area contributed by atoms with Gasteiger partial charge in [-0.3, -0.25) is 4.79 Å². The number of hydrogen-bond donors (Lipinski definition) is 2. The van der Waals surface area contributed by atoms with Gasteiger partial charge in [-0.1, -0.05) is 0 Å². The van der Waals surface area contributed by atoms with E-state index in [9.17, 15) is 14.7 Å². The number of carbonyl (C=O) groups excluding carboxylic acids is 1. The van der Waals surface area contributed by atoms with Crippen LogP contribution in [0.3, 0.4) is 0 Å². The molecule has 0 saturated carbocycles. The van der Waals surface area contributed by atoms with Crippen LogP contribution in [0.2, 0.25) is 0 Å². The first-order valence-electron chi connectivity index (χ1n) is 5.84. The van der Waals surface area contributed by atoms with E-state index in [-0.39, 0.29) is 6.61 Å². The Kier molecular flexibility index (Phi) is 5.61. The Morgan fingerprint density at radius 2 is 2.05 bits per heavy atom. The van der Waals surface area contributed by atoms with Gasteiger partial charge in [-0.05, 0) is 13.8 Å². The zero-order valence-electron chi connectivity index (χ0n) is 11.8. The van der Waals surface area contributed by atoms with Crippen LogP contribution in [0.15, 0.2) is 0 Å². The summed E-state index contributed by atoms with van der Waals surface area (Å²) in [5, 5.41) is 12.3. The Hall–Kier alpha value is -1.51. The van der Waals surface area contributed by atoms with E-state index in [4.69, 9.17) is 9.47 Å². The molecule has 1 atom stereocenters. The van der Waals surface area contributed by atoms with Gasteiger partial charge in [0.25, 0.3) is 5.91 Å². The fourth-order valence-corrected chi connectivity index (χ4v) is 2.53. The van der Waals surface area contributed by atoms with Crippen molar-refractivity contribution in [3.63, 3.8) is 0 Å². The molecular weight excluding hydrogens is 284 g/mol. The highest BCUT2D eigenvalue weighted by Crippen LogP contribution is 2.19. The first kappa shape index (κ1) is 16.5. The fourth-order valence-electron chi connectivity index (χ4n) is 1.60. The molecule has 7 nitrogen and oxygen atoms in total. The van der Waals surface area contributed by atoms with E-state index in [1.54, 1.807) is 6.92 Å². The van der Waals surface area contributed by atoms with Crippen LogP contribution in [-0.2, 0) is 20.9 Å². The number of hydrogen-bond acceptors (Lipinski definition) is 6. The van der Waals surface area contributed by atoms with E-state index in [0.717, 1.165) is 0 Å². The first-order valence-corrected chi connectivity index (χ1v) is 6.65. The Morgan fingerprint density at radius 3 is 2.55 bits per heavy atom. The lowest BCUT2D eigenvalue weighted by Gasteiger charge is -2.24. The molecule has 0 spiro atoms. The predicted octanol–water partition coefficient (Wildman–Crippen LogP) is 0.817. The molecule has 1 unspecified atom stereocenters. The van der Waals surface area contributed by atoms with E-state index in [1.807, 2.05) is 0 Å². The van der Waals surface area contributed by atoms with Gasteiger partial charge in [-0.2, -0.15) is 0 Å². The highest BCUT2D eigenvalue weighted by atomic mass is 32.1. The van der Waals surface area contributed by atoms with Gasteiger partial charge in [0.2, 0.25) is 0 Å². The number of carboxylic acids is 1. The minimum Gasteiger partial charge on any atom is -0.479 e. The molecule has 1 aromatic rings. The highest BCUT2D eigenvalue weighted by molar-refractivity contribution is 7.13. The summed E-state index contributed by atoms with van der Waals surface area (Å²) in [4.78, 5) is 28.0. The average molecular weight is 302 g/mol. The van der Waals surface area contributed by atoms with Crippen LogP contribution >= 0.6 is 11.3 Å². The van der Waals surface area contributed by atoms with Crippen molar-refractivity contribution < 1.29 is 24.2 Å². The van der Waals surface area contributed by atoms with Crippen LogP contribution in [-0.4, -0.2) is 48.3 Å². The van der Waals surface area contributed by atoms with E-state index in [2.05, 4.69) is 10.3 Å². The van der Waals surface area contributed by atoms with Crippen molar-refractivity contribution in [3.8, 4) is 0 Å². The normalized spacial score (nSPS) is 13.8. The zero-order chi connectivity index (χ0) is 15.3. The number of aliphatic carboxylic acids is 1. The number of methoxy groups -OCH3 is 2. The first-order chi connectivity index (χ1) is 9.34. The number of amides is 1. The second-order valence-electron chi connectivity index (χ2n) is 4.48.